The van der Waals surface area contributed by atoms with Crippen molar-refractivity contribution in [3.05, 3.63) is 17.8 Å². The van der Waals surface area contributed by atoms with Crippen LogP contribution >= 0.6 is 0 Å². The standard InChI is InChI=1S/C15H24N2O3/c1-15(2,3)12-8-16-13(20-12)10-17-6-4-5-11(9-17)7-14(18)19/h8,11H,4-7,9-10H2,1-3H3,(H,18,19). The zero-order chi connectivity index (χ0) is 14.8. The van der Waals surface area contributed by atoms with E-state index in [0.717, 1.165) is 37.6 Å². The topological polar surface area (TPSA) is 66.6 Å². The van der Waals surface area contributed by atoms with Gasteiger partial charge in [-0.1, -0.05) is 20.8 Å². The minimum absolute atomic E-state index is 0.0288. The van der Waals surface area contributed by atoms with Crippen molar-refractivity contribution < 1.29 is 14.3 Å². The van der Waals surface area contributed by atoms with Crippen molar-refractivity contribution in [3.8, 4) is 0 Å². The van der Waals surface area contributed by atoms with E-state index >= 15 is 0 Å². The number of carbonyl (C=O) groups is 1. The lowest BCUT2D eigenvalue weighted by Gasteiger charge is -2.31. The Kier molecular flexibility index (Phi) is 4.48. The average Bonchev–Trinajstić information content (AvgIpc) is 2.76. The van der Waals surface area contributed by atoms with Crippen molar-refractivity contribution in [3.63, 3.8) is 0 Å². The molecule has 1 aromatic rings. The van der Waals surface area contributed by atoms with Crippen LogP contribution in [0.3, 0.4) is 0 Å². The first kappa shape index (κ1) is 15.0. The van der Waals surface area contributed by atoms with Gasteiger partial charge in [0.2, 0.25) is 5.89 Å². The van der Waals surface area contributed by atoms with Crippen LogP contribution in [-0.4, -0.2) is 34.0 Å². The first-order valence-corrected chi connectivity index (χ1v) is 7.24. The van der Waals surface area contributed by atoms with Crippen molar-refractivity contribution in [2.24, 2.45) is 5.92 Å². The fraction of sp³-hybridized carbons (Fsp3) is 0.733. The summed E-state index contributed by atoms with van der Waals surface area (Å²) < 4.78 is 5.80. The van der Waals surface area contributed by atoms with Crippen molar-refractivity contribution in [2.45, 2.75) is 52.0 Å². The van der Waals surface area contributed by atoms with Crippen LogP contribution < -0.4 is 0 Å². The third-order valence-corrected chi connectivity index (χ3v) is 3.72. The summed E-state index contributed by atoms with van der Waals surface area (Å²) in [6.07, 6.45) is 4.11. The molecule has 1 aliphatic rings. The molecule has 0 bridgehead atoms. The fourth-order valence-corrected chi connectivity index (χ4v) is 2.63. The summed E-state index contributed by atoms with van der Waals surface area (Å²) in [4.78, 5) is 17.4. The molecule has 1 atom stereocenters. The number of nitrogens with zero attached hydrogens (tertiary/aromatic N) is 2. The summed E-state index contributed by atoms with van der Waals surface area (Å²) in [5.74, 6) is 1.17. The highest BCUT2D eigenvalue weighted by Crippen LogP contribution is 2.25. The summed E-state index contributed by atoms with van der Waals surface area (Å²) in [5.41, 5.74) is -0.0288. The Balaban J connectivity index is 1.92. The van der Waals surface area contributed by atoms with Crippen LogP contribution in [0.15, 0.2) is 10.6 Å². The average molecular weight is 280 g/mol. The van der Waals surface area contributed by atoms with E-state index in [2.05, 4.69) is 30.7 Å². The Bertz CT molecular complexity index is 462. The van der Waals surface area contributed by atoms with Crippen LogP contribution in [0.1, 0.15) is 51.7 Å². The summed E-state index contributed by atoms with van der Waals surface area (Å²) in [5, 5.41) is 8.89. The minimum atomic E-state index is -0.706. The van der Waals surface area contributed by atoms with Crippen LogP contribution in [0.2, 0.25) is 0 Å². The van der Waals surface area contributed by atoms with Crippen molar-refractivity contribution in [1.29, 1.82) is 0 Å². The molecule has 1 N–H and O–H groups in total. The second kappa shape index (κ2) is 5.95. The van der Waals surface area contributed by atoms with Gasteiger partial charge in [-0.3, -0.25) is 9.69 Å². The van der Waals surface area contributed by atoms with E-state index in [1.807, 2.05) is 0 Å². The normalized spacial score (nSPS) is 21.1. The molecular formula is C15H24N2O3. The molecular weight excluding hydrogens is 256 g/mol. The second-order valence-electron chi connectivity index (χ2n) is 6.71. The van der Waals surface area contributed by atoms with Gasteiger partial charge in [-0.2, -0.15) is 0 Å². The molecule has 2 heterocycles. The van der Waals surface area contributed by atoms with Gasteiger partial charge in [-0.05, 0) is 25.3 Å². The highest BCUT2D eigenvalue weighted by atomic mass is 16.4. The maximum absolute atomic E-state index is 10.8. The predicted molar refractivity (Wildman–Crippen MR) is 75.5 cm³/mol. The Morgan fingerprint density at radius 3 is 2.90 bits per heavy atom. The number of aliphatic carboxylic acids is 1. The van der Waals surface area contributed by atoms with E-state index in [0.29, 0.717) is 6.54 Å². The molecule has 1 aromatic heterocycles. The Morgan fingerprint density at radius 1 is 1.55 bits per heavy atom. The fourth-order valence-electron chi connectivity index (χ4n) is 2.63. The minimum Gasteiger partial charge on any atom is -0.481 e. The summed E-state index contributed by atoms with van der Waals surface area (Å²) in [6, 6.07) is 0. The maximum atomic E-state index is 10.8. The van der Waals surface area contributed by atoms with E-state index < -0.39 is 5.97 Å². The van der Waals surface area contributed by atoms with Crippen molar-refractivity contribution in [2.75, 3.05) is 13.1 Å². The molecule has 2 rings (SSSR count). The quantitative estimate of drug-likeness (QED) is 0.918. The van der Waals surface area contributed by atoms with Gasteiger partial charge in [0.15, 0.2) is 0 Å². The molecule has 0 radical (unpaired) electrons. The maximum Gasteiger partial charge on any atom is 0.303 e. The lowest BCUT2D eigenvalue weighted by atomic mass is 9.94. The van der Waals surface area contributed by atoms with Crippen LogP contribution in [0.5, 0.6) is 0 Å². The van der Waals surface area contributed by atoms with Gasteiger partial charge in [0, 0.05) is 18.4 Å². The third-order valence-electron chi connectivity index (χ3n) is 3.72. The third kappa shape index (κ3) is 4.07. The van der Waals surface area contributed by atoms with E-state index in [1.54, 1.807) is 6.20 Å². The molecule has 0 spiro atoms. The largest absolute Gasteiger partial charge is 0.481 e. The van der Waals surface area contributed by atoms with Crippen molar-refractivity contribution in [1.82, 2.24) is 9.88 Å². The van der Waals surface area contributed by atoms with E-state index in [1.165, 1.54) is 0 Å². The van der Waals surface area contributed by atoms with E-state index in [-0.39, 0.29) is 17.8 Å². The number of aromatic nitrogens is 1. The van der Waals surface area contributed by atoms with Gasteiger partial charge in [-0.25, -0.2) is 4.98 Å². The second-order valence-corrected chi connectivity index (χ2v) is 6.71. The number of piperidine rings is 1. The Labute approximate surface area is 120 Å². The Hall–Kier alpha value is -1.36. The molecule has 1 aliphatic heterocycles. The van der Waals surface area contributed by atoms with E-state index in [9.17, 15) is 4.79 Å². The zero-order valence-electron chi connectivity index (χ0n) is 12.6. The number of carboxylic acid groups (broad SMARTS) is 1. The van der Waals surface area contributed by atoms with Gasteiger partial charge in [-0.15, -0.1) is 0 Å². The summed E-state index contributed by atoms with van der Waals surface area (Å²) >= 11 is 0. The molecule has 1 saturated heterocycles. The molecule has 0 amide bonds. The van der Waals surface area contributed by atoms with Crippen LogP contribution in [0, 0.1) is 5.92 Å². The first-order valence-electron chi connectivity index (χ1n) is 7.24. The van der Waals surface area contributed by atoms with Gasteiger partial charge in [0.1, 0.15) is 5.76 Å². The SMILES string of the molecule is CC(C)(C)c1cnc(CN2CCCC(CC(=O)O)C2)o1. The number of rotatable bonds is 4. The van der Waals surface area contributed by atoms with Crippen LogP contribution in [0.4, 0.5) is 0 Å². The lowest BCUT2D eigenvalue weighted by molar-refractivity contribution is -0.138. The molecule has 112 valence electrons. The van der Waals surface area contributed by atoms with Gasteiger partial charge < -0.3 is 9.52 Å². The number of oxazole rings is 1. The van der Waals surface area contributed by atoms with Gasteiger partial charge in [0.05, 0.1) is 12.7 Å². The number of likely N-dealkylation sites (tertiary alicyclic amines) is 1. The summed E-state index contributed by atoms with van der Waals surface area (Å²) in [7, 11) is 0. The molecule has 1 unspecified atom stereocenters. The molecule has 5 nitrogen and oxygen atoms in total. The van der Waals surface area contributed by atoms with Crippen LogP contribution in [-0.2, 0) is 16.8 Å². The van der Waals surface area contributed by atoms with Gasteiger partial charge in [0.25, 0.3) is 0 Å². The monoisotopic (exact) mass is 280 g/mol. The van der Waals surface area contributed by atoms with Crippen LogP contribution in [0.25, 0.3) is 0 Å². The zero-order valence-corrected chi connectivity index (χ0v) is 12.6. The molecule has 20 heavy (non-hydrogen) atoms. The lowest BCUT2D eigenvalue weighted by Crippen LogP contribution is -2.35. The molecule has 5 heteroatoms. The first-order chi connectivity index (χ1) is 9.34. The number of carboxylic acids is 1. The van der Waals surface area contributed by atoms with Gasteiger partial charge >= 0.3 is 5.97 Å². The molecule has 0 aromatic carbocycles. The highest BCUT2D eigenvalue weighted by Gasteiger charge is 2.24. The smallest absolute Gasteiger partial charge is 0.303 e. The predicted octanol–water partition coefficient (Wildman–Crippen LogP) is 2.66. The molecule has 1 fully saturated rings. The van der Waals surface area contributed by atoms with Crippen molar-refractivity contribution >= 4 is 5.97 Å². The molecule has 0 aliphatic carbocycles. The summed E-state index contributed by atoms with van der Waals surface area (Å²) in [6.45, 7) is 8.78. The Morgan fingerprint density at radius 2 is 2.30 bits per heavy atom. The molecule has 0 saturated carbocycles. The number of hydrogen-bond acceptors (Lipinski definition) is 4. The van der Waals surface area contributed by atoms with E-state index in [4.69, 9.17) is 9.52 Å². The number of hydrogen-bond donors (Lipinski definition) is 1. The highest BCUT2D eigenvalue weighted by molar-refractivity contribution is 5.67.